The number of hydrogen-bond donors (Lipinski definition) is 0. The highest BCUT2D eigenvalue weighted by atomic mass is 15.7. The lowest BCUT2D eigenvalue weighted by Crippen LogP contribution is -2.35. The van der Waals surface area contributed by atoms with Crippen molar-refractivity contribution in [3.8, 4) is 0 Å². The highest BCUT2D eigenvalue weighted by Crippen LogP contribution is 2.14. The molecule has 0 N–H and O–H groups in total. The molecule has 0 aromatic carbocycles. The van der Waals surface area contributed by atoms with E-state index in [4.69, 9.17) is 0 Å². The van der Waals surface area contributed by atoms with Gasteiger partial charge in [-0.25, -0.2) is 4.99 Å². The normalized spacial score (nSPS) is 27.9. The van der Waals surface area contributed by atoms with Crippen LogP contribution in [0.5, 0.6) is 0 Å². The highest BCUT2D eigenvalue weighted by molar-refractivity contribution is 5.57. The zero-order valence-corrected chi connectivity index (χ0v) is 5.81. The minimum Gasteiger partial charge on any atom is -0.276 e. The number of hydrazine groups is 1. The summed E-state index contributed by atoms with van der Waals surface area (Å²) < 4.78 is 0. The van der Waals surface area contributed by atoms with Gasteiger partial charge in [-0.1, -0.05) is 6.08 Å². The summed E-state index contributed by atoms with van der Waals surface area (Å²) in [6.45, 7) is 0. The Morgan fingerprint density at radius 3 is 3.10 bits per heavy atom. The Balaban J connectivity index is 2.26. The van der Waals surface area contributed by atoms with E-state index in [0.29, 0.717) is 0 Å². The van der Waals surface area contributed by atoms with Gasteiger partial charge in [-0.15, -0.1) is 0 Å². The molecule has 3 nitrogen and oxygen atoms in total. The summed E-state index contributed by atoms with van der Waals surface area (Å²) in [6, 6.07) is 0. The van der Waals surface area contributed by atoms with Crippen LogP contribution < -0.4 is 0 Å². The predicted octanol–water partition coefficient (Wildman–Crippen LogP) is 0.587. The van der Waals surface area contributed by atoms with Crippen LogP contribution in [0.4, 0.5) is 0 Å². The second-order valence-electron chi connectivity index (χ2n) is 2.36. The molecule has 2 heterocycles. The van der Waals surface area contributed by atoms with Gasteiger partial charge in [0.1, 0.15) is 6.34 Å². The van der Waals surface area contributed by atoms with Crippen LogP contribution in [0.15, 0.2) is 29.4 Å². The third-order valence-electron chi connectivity index (χ3n) is 1.65. The molecule has 0 aromatic rings. The fraction of sp³-hybridized carbons (Fsp3) is 0.286. The molecule has 2 rings (SSSR count). The highest BCUT2D eigenvalue weighted by Gasteiger charge is 2.20. The lowest BCUT2D eigenvalue weighted by Gasteiger charge is -2.27. The van der Waals surface area contributed by atoms with Crippen LogP contribution in [0, 0.1) is 0 Å². The van der Waals surface area contributed by atoms with Crippen molar-refractivity contribution in [1.29, 1.82) is 0 Å². The van der Waals surface area contributed by atoms with Crippen LogP contribution in [-0.2, 0) is 0 Å². The molecule has 0 amide bonds. The van der Waals surface area contributed by atoms with E-state index >= 15 is 0 Å². The molecular formula is C7H9N3. The minimum absolute atomic E-state index is 0.204. The zero-order valence-electron chi connectivity index (χ0n) is 5.81. The number of aliphatic imine (C=N–C) groups is 1. The number of hydrogen-bond acceptors (Lipinski definition) is 3. The molecule has 1 atom stereocenters. The molecule has 2 aliphatic rings. The van der Waals surface area contributed by atoms with Crippen LogP contribution in [-0.4, -0.2) is 29.6 Å². The van der Waals surface area contributed by atoms with E-state index in [1.165, 1.54) is 0 Å². The second-order valence-corrected chi connectivity index (χ2v) is 2.36. The predicted molar refractivity (Wildman–Crippen MR) is 40.2 cm³/mol. The van der Waals surface area contributed by atoms with Gasteiger partial charge in [0, 0.05) is 13.2 Å². The molecule has 0 aliphatic carbocycles. The molecule has 52 valence electrons. The van der Waals surface area contributed by atoms with Crippen molar-refractivity contribution in [3.05, 3.63) is 24.4 Å². The molecule has 0 saturated heterocycles. The summed E-state index contributed by atoms with van der Waals surface area (Å²) >= 11 is 0. The molecule has 0 bridgehead atoms. The van der Waals surface area contributed by atoms with Crippen LogP contribution >= 0.6 is 0 Å². The molecule has 3 heteroatoms. The largest absolute Gasteiger partial charge is 0.276 e. The molecule has 0 radical (unpaired) electrons. The fourth-order valence-electron chi connectivity index (χ4n) is 1.11. The third kappa shape index (κ3) is 0.635. The molecule has 2 aliphatic heterocycles. The summed E-state index contributed by atoms with van der Waals surface area (Å²) in [5.74, 6) is 0. The van der Waals surface area contributed by atoms with Crippen LogP contribution in [0.2, 0.25) is 0 Å². The summed E-state index contributed by atoms with van der Waals surface area (Å²) in [5.41, 5.74) is 0. The Morgan fingerprint density at radius 1 is 1.40 bits per heavy atom. The Labute approximate surface area is 59.9 Å². The first-order chi connectivity index (χ1) is 4.88. The Kier molecular flexibility index (Phi) is 1.03. The number of allylic oxidation sites excluding steroid dienone is 2. The lowest BCUT2D eigenvalue weighted by atomic mass is 10.3. The van der Waals surface area contributed by atoms with Gasteiger partial charge in [-0.3, -0.25) is 10.0 Å². The standard InChI is InChI=1S/C7H9N3/c1-9-6-8-7-4-2-3-5-10(7)9/h2-7H,1H3. The second kappa shape index (κ2) is 1.87. The average Bonchev–Trinajstić information content (AvgIpc) is 2.34. The number of nitrogens with zero attached hydrogens (tertiary/aromatic N) is 3. The maximum atomic E-state index is 4.23. The van der Waals surface area contributed by atoms with Gasteiger partial charge in [0.15, 0.2) is 6.17 Å². The van der Waals surface area contributed by atoms with E-state index < -0.39 is 0 Å². The maximum Gasteiger partial charge on any atom is 0.160 e. The van der Waals surface area contributed by atoms with Gasteiger partial charge in [-0.05, 0) is 12.2 Å². The maximum absolute atomic E-state index is 4.23. The molecule has 10 heavy (non-hydrogen) atoms. The van der Waals surface area contributed by atoms with Crippen molar-refractivity contribution >= 4 is 6.34 Å². The number of fused-ring (bicyclic) bond motifs is 1. The SMILES string of the molecule is CN1C=NC2C=CC=CN21. The smallest absolute Gasteiger partial charge is 0.160 e. The van der Waals surface area contributed by atoms with Crippen molar-refractivity contribution in [3.63, 3.8) is 0 Å². The average molecular weight is 135 g/mol. The van der Waals surface area contributed by atoms with E-state index in [1.807, 2.05) is 36.7 Å². The summed E-state index contributed by atoms with van der Waals surface area (Å²) in [4.78, 5) is 4.23. The molecule has 0 spiro atoms. The van der Waals surface area contributed by atoms with Crippen molar-refractivity contribution < 1.29 is 0 Å². The van der Waals surface area contributed by atoms with Crippen molar-refractivity contribution in [1.82, 2.24) is 10.0 Å². The number of rotatable bonds is 0. The van der Waals surface area contributed by atoms with Gasteiger partial charge < -0.3 is 0 Å². The lowest BCUT2D eigenvalue weighted by molar-refractivity contribution is 0.136. The van der Waals surface area contributed by atoms with E-state index in [0.717, 1.165) is 0 Å². The third-order valence-corrected chi connectivity index (χ3v) is 1.65. The first-order valence-electron chi connectivity index (χ1n) is 3.27. The molecule has 0 saturated carbocycles. The van der Waals surface area contributed by atoms with E-state index in [-0.39, 0.29) is 6.17 Å². The van der Waals surface area contributed by atoms with E-state index in [2.05, 4.69) is 16.1 Å². The van der Waals surface area contributed by atoms with E-state index in [9.17, 15) is 0 Å². The van der Waals surface area contributed by atoms with Gasteiger partial charge >= 0.3 is 0 Å². The van der Waals surface area contributed by atoms with Crippen molar-refractivity contribution in [2.75, 3.05) is 7.05 Å². The van der Waals surface area contributed by atoms with Gasteiger partial charge in [0.05, 0.1) is 0 Å². The first kappa shape index (κ1) is 5.53. The molecular weight excluding hydrogens is 126 g/mol. The zero-order chi connectivity index (χ0) is 6.97. The first-order valence-corrected chi connectivity index (χ1v) is 3.27. The Hall–Kier alpha value is -1.25. The fourth-order valence-corrected chi connectivity index (χ4v) is 1.11. The molecule has 0 fully saturated rings. The topological polar surface area (TPSA) is 18.8 Å². The van der Waals surface area contributed by atoms with E-state index in [1.54, 1.807) is 0 Å². The monoisotopic (exact) mass is 135 g/mol. The molecule has 0 aromatic heterocycles. The summed E-state index contributed by atoms with van der Waals surface area (Å²) in [7, 11) is 1.98. The van der Waals surface area contributed by atoms with Crippen molar-refractivity contribution in [2.45, 2.75) is 6.17 Å². The molecule has 1 unspecified atom stereocenters. The van der Waals surface area contributed by atoms with Crippen LogP contribution in [0.25, 0.3) is 0 Å². The van der Waals surface area contributed by atoms with Gasteiger partial charge in [0.25, 0.3) is 0 Å². The summed E-state index contributed by atoms with van der Waals surface area (Å²) in [5, 5.41) is 4.02. The quantitative estimate of drug-likeness (QED) is 0.484. The summed E-state index contributed by atoms with van der Waals surface area (Å²) in [6.07, 6.45) is 10.1. The van der Waals surface area contributed by atoms with Crippen LogP contribution in [0.1, 0.15) is 0 Å². The minimum atomic E-state index is 0.204. The van der Waals surface area contributed by atoms with Gasteiger partial charge in [0.2, 0.25) is 0 Å². The van der Waals surface area contributed by atoms with Crippen LogP contribution in [0.3, 0.4) is 0 Å². The van der Waals surface area contributed by atoms with Gasteiger partial charge in [-0.2, -0.15) is 0 Å². The van der Waals surface area contributed by atoms with Crippen molar-refractivity contribution in [2.24, 2.45) is 4.99 Å². The Morgan fingerprint density at radius 2 is 2.30 bits per heavy atom. The Bertz CT molecular complexity index is 217.